The van der Waals surface area contributed by atoms with E-state index in [0.717, 1.165) is 5.56 Å². The summed E-state index contributed by atoms with van der Waals surface area (Å²) in [5.41, 5.74) is 6.77. The fraction of sp³-hybridized carbons (Fsp3) is 0.400. The minimum atomic E-state index is -0.205. The lowest BCUT2D eigenvalue weighted by Gasteiger charge is -2.08. The molecule has 0 spiro atoms. The first-order valence-electron chi connectivity index (χ1n) is 4.22. The van der Waals surface area contributed by atoms with Crippen LogP contribution in [-0.4, -0.2) is 13.7 Å². The Hall–Kier alpha value is -1.09. The molecule has 2 nitrogen and oxygen atoms in total. The van der Waals surface area contributed by atoms with Gasteiger partial charge in [-0.2, -0.15) is 0 Å². The van der Waals surface area contributed by atoms with Crippen LogP contribution in [-0.2, 0) is 6.42 Å². The Balaban J connectivity index is 3.06. The van der Waals surface area contributed by atoms with E-state index in [-0.39, 0.29) is 5.82 Å². The SMILES string of the molecule is COc1cc(CCN)c(F)cc1C. The van der Waals surface area contributed by atoms with Gasteiger partial charge in [0.1, 0.15) is 11.6 Å². The summed E-state index contributed by atoms with van der Waals surface area (Å²) in [5.74, 6) is 0.508. The van der Waals surface area contributed by atoms with Crippen molar-refractivity contribution in [3.63, 3.8) is 0 Å². The van der Waals surface area contributed by atoms with Gasteiger partial charge in [0.15, 0.2) is 0 Å². The standard InChI is InChI=1S/C10H14FNO/c1-7-5-9(11)8(3-4-12)6-10(7)13-2/h5-6H,3-4,12H2,1-2H3. The molecule has 0 aliphatic rings. The van der Waals surface area contributed by atoms with Crippen LogP contribution in [0.2, 0.25) is 0 Å². The molecular weight excluding hydrogens is 169 g/mol. The van der Waals surface area contributed by atoms with Crippen molar-refractivity contribution in [2.24, 2.45) is 5.73 Å². The van der Waals surface area contributed by atoms with Crippen LogP contribution in [0, 0.1) is 12.7 Å². The first-order valence-corrected chi connectivity index (χ1v) is 4.22. The van der Waals surface area contributed by atoms with Crippen LogP contribution in [0.3, 0.4) is 0 Å². The van der Waals surface area contributed by atoms with Crippen molar-refractivity contribution in [1.29, 1.82) is 0 Å². The highest BCUT2D eigenvalue weighted by atomic mass is 19.1. The van der Waals surface area contributed by atoms with Crippen LogP contribution < -0.4 is 10.5 Å². The second-order valence-corrected chi connectivity index (χ2v) is 2.95. The van der Waals surface area contributed by atoms with E-state index in [2.05, 4.69) is 0 Å². The zero-order valence-corrected chi connectivity index (χ0v) is 7.93. The molecule has 0 radical (unpaired) electrons. The topological polar surface area (TPSA) is 35.2 Å². The molecule has 1 aromatic carbocycles. The Morgan fingerprint density at radius 2 is 2.15 bits per heavy atom. The van der Waals surface area contributed by atoms with Crippen LogP contribution >= 0.6 is 0 Å². The molecule has 1 aromatic rings. The van der Waals surface area contributed by atoms with Crippen LogP contribution in [0.15, 0.2) is 12.1 Å². The molecular formula is C10H14FNO. The predicted octanol–water partition coefficient (Wildman–Crippen LogP) is 1.64. The average Bonchev–Trinajstić information content (AvgIpc) is 2.10. The van der Waals surface area contributed by atoms with Gasteiger partial charge < -0.3 is 10.5 Å². The molecule has 0 amide bonds. The van der Waals surface area contributed by atoms with E-state index in [0.29, 0.717) is 24.3 Å². The van der Waals surface area contributed by atoms with Gasteiger partial charge in [0.2, 0.25) is 0 Å². The van der Waals surface area contributed by atoms with E-state index in [1.165, 1.54) is 6.07 Å². The van der Waals surface area contributed by atoms with E-state index in [1.54, 1.807) is 13.2 Å². The smallest absolute Gasteiger partial charge is 0.126 e. The Labute approximate surface area is 77.5 Å². The Morgan fingerprint density at radius 3 is 2.69 bits per heavy atom. The minimum absolute atomic E-state index is 0.205. The van der Waals surface area contributed by atoms with Crippen molar-refractivity contribution in [3.8, 4) is 5.75 Å². The zero-order valence-electron chi connectivity index (χ0n) is 7.93. The number of nitrogens with two attached hydrogens (primary N) is 1. The van der Waals surface area contributed by atoms with Crippen molar-refractivity contribution < 1.29 is 9.13 Å². The van der Waals surface area contributed by atoms with Gasteiger partial charge >= 0.3 is 0 Å². The van der Waals surface area contributed by atoms with Crippen molar-refractivity contribution in [2.45, 2.75) is 13.3 Å². The number of hydrogen-bond acceptors (Lipinski definition) is 2. The molecule has 1 rings (SSSR count). The van der Waals surface area contributed by atoms with Crippen molar-refractivity contribution in [1.82, 2.24) is 0 Å². The molecule has 3 heteroatoms. The summed E-state index contributed by atoms with van der Waals surface area (Å²) in [7, 11) is 1.58. The molecule has 72 valence electrons. The van der Waals surface area contributed by atoms with Crippen molar-refractivity contribution in [2.75, 3.05) is 13.7 Å². The first-order chi connectivity index (χ1) is 6.19. The molecule has 0 saturated carbocycles. The van der Waals surface area contributed by atoms with E-state index < -0.39 is 0 Å². The monoisotopic (exact) mass is 183 g/mol. The second-order valence-electron chi connectivity index (χ2n) is 2.95. The summed E-state index contributed by atoms with van der Waals surface area (Å²) in [4.78, 5) is 0. The van der Waals surface area contributed by atoms with E-state index in [9.17, 15) is 4.39 Å². The second kappa shape index (κ2) is 4.23. The molecule has 0 fully saturated rings. The number of methoxy groups -OCH3 is 1. The minimum Gasteiger partial charge on any atom is -0.496 e. The van der Waals surface area contributed by atoms with Crippen LogP contribution in [0.1, 0.15) is 11.1 Å². The lowest BCUT2D eigenvalue weighted by atomic mass is 10.1. The quantitative estimate of drug-likeness (QED) is 0.773. The van der Waals surface area contributed by atoms with Gasteiger partial charge in [0.05, 0.1) is 7.11 Å². The Kier molecular flexibility index (Phi) is 3.25. The molecule has 0 aliphatic heterocycles. The summed E-state index contributed by atoms with van der Waals surface area (Å²) in [6, 6.07) is 3.18. The number of halogens is 1. The molecule has 0 saturated heterocycles. The maximum Gasteiger partial charge on any atom is 0.126 e. The molecule has 0 bridgehead atoms. The summed E-state index contributed by atoms with van der Waals surface area (Å²) in [5, 5.41) is 0. The number of hydrogen-bond donors (Lipinski definition) is 1. The fourth-order valence-corrected chi connectivity index (χ4v) is 1.26. The number of benzene rings is 1. The van der Waals surface area contributed by atoms with Gasteiger partial charge in [0, 0.05) is 0 Å². The van der Waals surface area contributed by atoms with Crippen LogP contribution in [0.4, 0.5) is 4.39 Å². The molecule has 0 aromatic heterocycles. The van der Waals surface area contributed by atoms with Gasteiger partial charge in [-0.3, -0.25) is 0 Å². The largest absolute Gasteiger partial charge is 0.496 e. The summed E-state index contributed by atoms with van der Waals surface area (Å²) in [6.07, 6.45) is 0.544. The number of rotatable bonds is 3. The lowest BCUT2D eigenvalue weighted by molar-refractivity contribution is 0.409. The maximum atomic E-state index is 13.2. The molecule has 0 atom stereocenters. The van der Waals surface area contributed by atoms with E-state index in [4.69, 9.17) is 10.5 Å². The Morgan fingerprint density at radius 1 is 1.46 bits per heavy atom. The third kappa shape index (κ3) is 2.18. The first kappa shape index (κ1) is 9.99. The summed E-state index contributed by atoms with van der Waals surface area (Å²) >= 11 is 0. The highest BCUT2D eigenvalue weighted by molar-refractivity contribution is 5.37. The molecule has 13 heavy (non-hydrogen) atoms. The normalized spacial score (nSPS) is 10.2. The van der Waals surface area contributed by atoms with Crippen molar-refractivity contribution in [3.05, 3.63) is 29.1 Å². The van der Waals surface area contributed by atoms with Crippen LogP contribution in [0.25, 0.3) is 0 Å². The molecule has 0 heterocycles. The van der Waals surface area contributed by atoms with E-state index in [1.807, 2.05) is 6.92 Å². The third-order valence-electron chi connectivity index (χ3n) is 1.98. The average molecular weight is 183 g/mol. The summed E-state index contributed by atoms with van der Waals surface area (Å²) < 4.78 is 18.3. The van der Waals surface area contributed by atoms with Gasteiger partial charge in [-0.15, -0.1) is 0 Å². The maximum absolute atomic E-state index is 13.2. The summed E-state index contributed by atoms with van der Waals surface area (Å²) in [6.45, 7) is 2.26. The Bertz CT molecular complexity index is 299. The molecule has 2 N–H and O–H groups in total. The van der Waals surface area contributed by atoms with Gasteiger partial charge in [-0.25, -0.2) is 4.39 Å². The lowest BCUT2D eigenvalue weighted by Crippen LogP contribution is -2.05. The van der Waals surface area contributed by atoms with Crippen LogP contribution in [0.5, 0.6) is 5.75 Å². The highest BCUT2D eigenvalue weighted by Crippen LogP contribution is 2.21. The third-order valence-corrected chi connectivity index (χ3v) is 1.98. The molecule has 0 unspecified atom stereocenters. The molecule has 0 aliphatic carbocycles. The van der Waals surface area contributed by atoms with Gasteiger partial charge in [0.25, 0.3) is 0 Å². The van der Waals surface area contributed by atoms with E-state index >= 15 is 0 Å². The fourth-order valence-electron chi connectivity index (χ4n) is 1.26. The highest BCUT2D eigenvalue weighted by Gasteiger charge is 2.06. The number of aryl methyl sites for hydroxylation is 1. The zero-order chi connectivity index (χ0) is 9.84. The number of ether oxygens (including phenoxy) is 1. The van der Waals surface area contributed by atoms with Crippen molar-refractivity contribution >= 4 is 0 Å². The predicted molar refractivity (Wildman–Crippen MR) is 50.4 cm³/mol. The van der Waals surface area contributed by atoms with Gasteiger partial charge in [-0.1, -0.05) is 0 Å². The van der Waals surface area contributed by atoms with Gasteiger partial charge in [-0.05, 0) is 43.1 Å².